The minimum atomic E-state index is -0.980. The first-order chi connectivity index (χ1) is 11.1. The van der Waals surface area contributed by atoms with Gasteiger partial charge in [0.05, 0.1) is 7.11 Å². The van der Waals surface area contributed by atoms with Crippen LogP contribution < -0.4 is 10.1 Å². The molecule has 1 aliphatic rings. The summed E-state index contributed by atoms with van der Waals surface area (Å²) in [5.74, 6) is 0.163. The second kappa shape index (κ2) is 6.12. The Morgan fingerprint density at radius 2 is 2.26 bits per heavy atom. The second-order valence-electron chi connectivity index (χ2n) is 5.51. The number of carbonyl (C=O) groups excluding carboxylic acids is 1. The lowest BCUT2D eigenvalue weighted by molar-refractivity contribution is -0.137. The SMILES string of the molecule is COc1cccc(C2CC2C(=O)Nc2ccn(CC(=O)O)n2)c1. The molecule has 2 N–H and O–H groups in total. The van der Waals surface area contributed by atoms with Gasteiger partial charge >= 0.3 is 5.97 Å². The molecule has 0 bridgehead atoms. The van der Waals surface area contributed by atoms with Crippen LogP contribution in [0, 0.1) is 5.92 Å². The standard InChI is InChI=1S/C16H17N3O4/c1-23-11-4-2-3-10(7-11)12-8-13(12)16(22)17-14-5-6-19(18-14)9-15(20)21/h2-7,12-13H,8-9H2,1H3,(H,20,21)(H,17,18,22). The molecule has 3 rings (SSSR count). The first-order valence-corrected chi connectivity index (χ1v) is 7.27. The van der Waals surface area contributed by atoms with E-state index >= 15 is 0 Å². The molecule has 1 aromatic carbocycles. The fourth-order valence-electron chi connectivity index (χ4n) is 2.60. The van der Waals surface area contributed by atoms with E-state index in [2.05, 4.69) is 10.4 Å². The van der Waals surface area contributed by atoms with E-state index in [1.807, 2.05) is 24.3 Å². The highest BCUT2D eigenvalue weighted by Gasteiger charge is 2.44. The molecule has 1 fully saturated rings. The smallest absolute Gasteiger partial charge is 0.325 e. The van der Waals surface area contributed by atoms with Crippen LogP contribution in [-0.2, 0) is 16.1 Å². The van der Waals surface area contributed by atoms with Gasteiger partial charge in [0.15, 0.2) is 5.82 Å². The highest BCUT2D eigenvalue weighted by molar-refractivity contribution is 5.94. The lowest BCUT2D eigenvalue weighted by Crippen LogP contribution is -2.16. The van der Waals surface area contributed by atoms with Crippen molar-refractivity contribution in [1.82, 2.24) is 9.78 Å². The Labute approximate surface area is 132 Å². The largest absolute Gasteiger partial charge is 0.497 e. The van der Waals surface area contributed by atoms with Crippen molar-refractivity contribution < 1.29 is 19.4 Å². The van der Waals surface area contributed by atoms with Crippen molar-refractivity contribution in [2.45, 2.75) is 18.9 Å². The number of anilines is 1. The number of methoxy groups -OCH3 is 1. The zero-order valence-corrected chi connectivity index (χ0v) is 12.6. The summed E-state index contributed by atoms with van der Waals surface area (Å²) in [7, 11) is 1.61. The second-order valence-corrected chi connectivity index (χ2v) is 5.51. The number of carboxylic acids is 1. The van der Waals surface area contributed by atoms with Gasteiger partial charge in [-0.2, -0.15) is 5.10 Å². The van der Waals surface area contributed by atoms with Crippen LogP contribution in [0.15, 0.2) is 36.5 Å². The maximum atomic E-state index is 12.2. The van der Waals surface area contributed by atoms with Gasteiger partial charge in [-0.05, 0) is 30.0 Å². The Morgan fingerprint density at radius 1 is 1.43 bits per heavy atom. The Balaban J connectivity index is 1.59. The van der Waals surface area contributed by atoms with E-state index in [4.69, 9.17) is 9.84 Å². The maximum Gasteiger partial charge on any atom is 0.325 e. The molecule has 0 radical (unpaired) electrons. The van der Waals surface area contributed by atoms with Crippen LogP contribution in [0.25, 0.3) is 0 Å². The van der Waals surface area contributed by atoms with Crippen molar-refractivity contribution in [3.8, 4) is 5.75 Å². The molecule has 7 heteroatoms. The molecule has 0 saturated heterocycles. The van der Waals surface area contributed by atoms with Crippen molar-refractivity contribution in [2.24, 2.45) is 5.92 Å². The lowest BCUT2D eigenvalue weighted by Gasteiger charge is -2.04. The molecule has 120 valence electrons. The first-order valence-electron chi connectivity index (χ1n) is 7.27. The molecule has 2 atom stereocenters. The number of nitrogens with zero attached hydrogens (tertiary/aromatic N) is 2. The fourth-order valence-corrected chi connectivity index (χ4v) is 2.60. The number of nitrogens with one attached hydrogen (secondary N) is 1. The van der Waals surface area contributed by atoms with Crippen LogP contribution in [0.2, 0.25) is 0 Å². The predicted octanol–water partition coefficient (Wildman–Crippen LogP) is 1.72. The number of amides is 1. The molecule has 1 aliphatic carbocycles. The number of carbonyl (C=O) groups is 2. The number of hydrogen-bond acceptors (Lipinski definition) is 4. The molecule has 23 heavy (non-hydrogen) atoms. The number of carboxylic acid groups (broad SMARTS) is 1. The monoisotopic (exact) mass is 315 g/mol. The molecule has 1 saturated carbocycles. The topological polar surface area (TPSA) is 93.5 Å². The Hall–Kier alpha value is -2.83. The van der Waals surface area contributed by atoms with Crippen molar-refractivity contribution in [1.29, 1.82) is 0 Å². The quantitative estimate of drug-likeness (QED) is 0.846. The summed E-state index contributed by atoms with van der Waals surface area (Å²) in [5, 5.41) is 15.4. The summed E-state index contributed by atoms with van der Waals surface area (Å²) >= 11 is 0. The van der Waals surface area contributed by atoms with E-state index in [0.717, 1.165) is 17.7 Å². The van der Waals surface area contributed by atoms with E-state index in [9.17, 15) is 9.59 Å². The molecule has 1 heterocycles. The third-order valence-electron chi connectivity index (χ3n) is 3.84. The molecule has 0 aliphatic heterocycles. The van der Waals surface area contributed by atoms with Gasteiger partial charge in [-0.1, -0.05) is 12.1 Å². The number of ether oxygens (including phenoxy) is 1. The van der Waals surface area contributed by atoms with Crippen molar-refractivity contribution in [3.05, 3.63) is 42.1 Å². The number of hydrogen-bond donors (Lipinski definition) is 2. The summed E-state index contributed by atoms with van der Waals surface area (Å²) in [4.78, 5) is 22.8. The Bertz CT molecular complexity index is 740. The number of benzene rings is 1. The minimum absolute atomic E-state index is 0.0910. The lowest BCUT2D eigenvalue weighted by atomic mass is 10.1. The minimum Gasteiger partial charge on any atom is -0.497 e. The number of rotatable bonds is 6. The van der Waals surface area contributed by atoms with Crippen molar-refractivity contribution in [2.75, 3.05) is 12.4 Å². The average molecular weight is 315 g/mol. The van der Waals surface area contributed by atoms with E-state index in [0.29, 0.717) is 5.82 Å². The Kier molecular flexibility index (Phi) is 4.01. The molecular weight excluding hydrogens is 298 g/mol. The van der Waals surface area contributed by atoms with Crippen molar-refractivity contribution in [3.63, 3.8) is 0 Å². The molecule has 1 amide bonds. The van der Waals surface area contributed by atoms with Gasteiger partial charge in [0.25, 0.3) is 0 Å². The van der Waals surface area contributed by atoms with E-state index in [1.54, 1.807) is 13.2 Å². The van der Waals surface area contributed by atoms with Crippen LogP contribution >= 0.6 is 0 Å². The maximum absolute atomic E-state index is 12.2. The fraction of sp³-hybridized carbons (Fsp3) is 0.312. The van der Waals surface area contributed by atoms with Gasteiger partial charge in [0.1, 0.15) is 12.3 Å². The van der Waals surface area contributed by atoms with Crippen LogP contribution in [0.5, 0.6) is 5.75 Å². The molecule has 7 nitrogen and oxygen atoms in total. The normalized spacial score (nSPS) is 19.2. The summed E-state index contributed by atoms with van der Waals surface area (Å²) in [6, 6.07) is 9.30. The molecule has 0 spiro atoms. The number of aromatic nitrogens is 2. The average Bonchev–Trinajstić information content (AvgIpc) is 3.23. The third-order valence-corrected chi connectivity index (χ3v) is 3.84. The van der Waals surface area contributed by atoms with E-state index in [-0.39, 0.29) is 24.3 Å². The van der Waals surface area contributed by atoms with Crippen molar-refractivity contribution >= 4 is 17.7 Å². The van der Waals surface area contributed by atoms with Crippen LogP contribution in [0.1, 0.15) is 17.9 Å². The van der Waals surface area contributed by atoms with Gasteiger partial charge in [0.2, 0.25) is 5.91 Å². The van der Waals surface area contributed by atoms with Crippen LogP contribution in [-0.4, -0.2) is 33.9 Å². The zero-order chi connectivity index (χ0) is 16.4. The number of aliphatic carboxylic acids is 1. The van der Waals surface area contributed by atoms with E-state index in [1.165, 1.54) is 10.9 Å². The molecule has 1 aromatic heterocycles. The zero-order valence-electron chi connectivity index (χ0n) is 12.6. The Morgan fingerprint density at radius 3 is 3.00 bits per heavy atom. The van der Waals surface area contributed by atoms with Gasteiger partial charge < -0.3 is 15.2 Å². The summed E-state index contributed by atoms with van der Waals surface area (Å²) < 4.78 is 6.47. The van der Waals surface area contributed by atoms with Gasteiger partial charge in [0, 0.05) is 18.2 Å². The molecular formula is C16H17N3O4. The summed E-state index contributed by atoms with van der Waals surface area (Å²) in [6.07, 6.45) is 2.31. The van der Waals surface area contributed by atoms with Gasteiger partial charge in [-0.25, -0.2) is 0 Å². The third kappa shape index (κ3) is 3.50. The highest BCUT2D eigenvalue weighted by Crippen LogP contribution is 2.48. The first kappa shape index (κ1) is 15.1. The molecule has 2 aromatic rings. The summed E-state index contributed by atoms with van der Waals surface area (Å²) in [6.45, 7) is -0.230. The van der Waals surface area contributed by atoms with Crippen LogP contribution in [0.4, 0.5) is 5.82 Å². The highest BCUT2D eigenvalue weighted by atomic mass is 16.5. The predicted molar refractivity (Wildman–Crippen MR) is 82.3 cm³/mol. The van der Waals surface area contributed by atoms with Gasteiger partial charge in [-0.15, -0.1) is 0 Å². The van der Waals surface area contributed by atoms with Crippen LogP contribution in [0.3, 0.4) is 0 Å². The van der Waals surface area contributed by atoms with Gasteiger partial charge in [-0.3, -0.25) is 14.3 Å². The van der Waals surface area contributed by atoms with E-state index < -0.39 is 5.97 Å². The summed E-state index contributed by atoms with van der Waals surface area (Å²) in [5.41, 5.74) is 1.08. The molecule has 2 unspecified atom stereocenters.